The molecule has 0 spiro atoms. The number of rotatable bonds is 6. The molecule has 3 amide bonds. The molecule has 2 saturated heterocycles. The molecule has 2 aliphatic rings. The van der Waals surface area contributed by atoms with Gasteiger partial charge in [-0.05, 0) is 42.7 Å². The number of ether oxygens (including phenoxy) is 1. The van der Waals surface area contributed by atoms with Gasteiger partial charge >= 0.3 is 6.03 Å². The predicted molar refractivity (Wildman–Crippen MR) is 136 cm³/mol. The average molecular weight is 476 g/mol. The second kappa shape index (κ2) is 10.9. The molecule has 2 fully saturated rings. The lowest BCUT2D eigenvalue weighted by molar-refractivity contribution is -0.135. The van der Waals surface area contributed by atoms with E-state index in [0.29, 0.717) is 32.8 Å². The third kappa shape index (κ3) is 6.01. The second-order valence-corrected chi connectivity index (χ2v) is 9.34. The van der Waals surface area contributed by atoms with Crippen molar-refractivity contribution < 1.29 is 14.3 Å². The molecule has 184 valence electrons. The maximum absolute atomic E-state index is 12.6. The number of amides is 3. The maximum Gasteiger partial charge on any atom is 0.319 e. The molecule has 2 N–H and O–H groups in total. The van der Waals surface area contributed by atoms with Crippen LogP contribution >= 0.6 is 0 Å². The van der Waals surface area contributed by atoms with Crippen LogP contribution in [0.15, 0.2) is 60.8 Å². The van der Waals surface area contributed by atoms with Crippen molar-refractivity contribution in [3.05, 3.63) is 66.4 Å². The molecule has 5 rings (SSSR count). The first kappa shape index (κ1) is 23.4. The molecular weight excluding hydrogens is 442 g/mol. The first-order valence-electron chi connectivity index (χ1n) is 12.4. The van der Waals surface area contributed by atoms with Crippen LogP contribution in [0.1, 0.15) is 18.4 Å². The zero-order chi connectivity index (χ0) is 24.0. The van der Waals surface area contributed by atoms with Crippen molar-refractivity contribution in [2.45, 2.75) is 32.0 Å². The fraction of sp³-hybridized carbons (Fsp3) is 0.407. The summed E-state index contributed by atoms with van der Waals surface area (Å²) in [5.41, 5.74) is 3.04. The fourth-order valence-electron chi connectivity index (χ4n) is 4.90. The minimum Gasteiger partial charge on any atom is -0.378 e. The van der Waals surface area contributed by atoms with Crippen molar-refractivity contribution in [1.82, 2.24) is 19.7 Å². The number of nitrogens with zero attached hydrogens (tertiary/aromatic N) is 3. The molecule has 0 bridgehead atoms. The van der Waals surface area contributed by atoms with E-state index in [1.54, 1.807) is 0 Å². The highest BCUT2D eigenvalue weighted by Crippen LogP contribution is 2.21. The number of morpholine rings is 1. The molecule has 3 heterocycles. The predicted octanol–water partition coefficient (Wildman–Crippen LogP) is 3.29. The number of carbonyl (C=O) groups is 2. The van der Waals surface area contributed by atoms with Gasteiger partial charge in [-0.2, -0.15) is 0 Å². The number of fused-ring (bicyclic) bond motifs is 1. The van der Waals surface area contributed by atoms with E-state index in [2.05, 4.69) is 39.8 Å². The summed E-state index contributed by atoms with van der Waals surface area (Å²) in [5, 5.41) is 7.09. The third-order valence-corrected chi connectivity index (χ3v) is 6.87. The Balaban J connectivity index is 1.11. The number of benzene rings is 2. The minimum absolute atomic E-state index is 0.0993. The van der Waals surface area contributed by atoms with Crippen molar-refractivity contribution >= 4 is 28.5 Å². The van der Waals surface area contributed by atoms with E-state index in [4.69, 9.17) is 4.74 Å². The summed E-state index contributed by atoms with van der Waals surface area (Å²) >= 11 is 0. The Morgan fingerprint density at radius 1 is 0.943 bits per heavy atom. The maximum atomic E-state index is 12.6. The summed E-state index contributed by atoms with van der Waals surface area (Å²) in [5.74, 6) is 0.0993. The van der Waals surface area contributed by atoms with Crippen LogP contribution in [-0.4, -0.2) is 71.7 Å². The quantitative estimate of drug-likeness (QED) is 0.574. The van der Waals surface area contributed by atoms with Crippen LogP contribution in [0.4, 0.5) is 10.5 Å². The first-order valence-corrected chi connectivity index (χ1v) is 12.4. The van der Waals surface area contributed by atoms with Gasteiger partial charge in [0.05, 0.1) is 13.2 Å². The number of aromatic nitrogens is 1. The number of hydrogen-bond donors (Lipinski definition) is 2. The number of carbonyl (C=O) groups excluding carboxylic acids is 2. The van der Waals surface area contributed by atoms with Crippen molar-refractivity contribution in [1.29, 1.82) is 0 Å². The lowest BCUT2D eigenvalue weighted by atomic mass is 10.0. The summed E-state index contributed by atoms with van der Waals surface area (Å²) in [6, 6.07) is 18.3. The first-order chi connectivity index (χ1) is 17.1. The van der Waals surface area contributed by atoms with E-state index in [1.807, 2.05) is 46.0 Å². The smallest absolute Gasteiger partial charge is 0.319 e. The summed E-state index contributed by atoms with van der Waals surface area (Å²) in [4.78, 5) is 29.5. The van der Waals surface area contributed by atoms with Crippen LogP contribution in [0.25, 0.3) is 10.9 Å². The zero-order valence-corrected chi connectivity index (χ0v) is 20.0. The molecule has 35 heavy (non-hydrogen) atoms. The molecule has 2 aliphatic heterocycles. The molecule has 2 aromatic carbocycles. The van der Waals surface area contributed by atoms with Gasteiger partial charge in [-0.3, -0.25) is 9.69 Å². The van der Waals surface area contributed by atoms with Crippen LogP contribution in [0, 0.1) is 0 Å². The zero-order valence-electron chi connectivity index (χ0n) is 20.0. The number of hydrogen-bond acceptors (Lipinski definition) is 4. The van der Waals surface area contributed by atoms with Gasteiger partial charge in [0.2, 0.25) is 5.91 Å². The topological polar surface area (TPSA) is 78.8 Å². The summed E-state index contributed by atoms with van der Waals surface area (Å²) in [7, 11) is 0. The van der Waals surface area contributed by atoms with Gasteiger partial charge in [-0.25, -0.2) is 4.79 Å². The minimum atomic E-state index is -0.173. The molecule has 3 aromatic rings. The van der Waals surface area contributed by atoms with Gasteiger partial charge in [0.25, 0.3) is 0 Å². The van der Waals surface area contributed by atoms with Gasteiger partial charge < -0.3 is 24.8 Å². The summed E-state index contributed by atoms with van der Waals surface area (Å²) in [6.45, 7) is 5.70. The van der Waals surface area contributed by atoms with Crippen molar-refractivity contribution in [2.24, 2.45) is 0 Å². The number of nitrogens with one attached hydrogen (secondary N) is 2. The largest absolute Gasteiger partial charge is 0.378 e. The molecule has 0 atom stereocenters. The van der Waals surface area contributed by atoms with Crippen LogP contribution in [0.3, 0.4) is 0 Å². The highest BCUT2D eigenvalue weighted by molar-refractivity contribution is 5.93. The number of likely N-dealkylation sites (tertiary alicyclic amines) is 1. The van der Waals surface area contributed by atoms with Gasteiger partial charge in [0.1, 0.15) is 6.54 Å². The van der Waals surface area contributed by atoms with Crippen LogP contribution in [-0.2, 0) is 22.6 Å². The Bertz CT molecular complexity index is 1150. The Morgan fingerprint density at radius 3 is 2.49 bits per heavy atom. The highest BCUT2D eigenvalue weighted by atomic mass is 16.5. The summed E-state index contributed by atoms with van der Waals surface area (Å²) < 4.78 is 7.29. The SMILES string of the molecule is O=C(Nc1ccc2c(ccn2CC(=O)N2CCOCC2)c1)NC1CCN(Cc2ccccc2)CC1. The van der Waals surface area contributed by atoms with E-state index < -0.39 is 0 Å². The molecule has 8 nitrogen and oxygen atoms in total. The third-order valence-electron chi connectivity index (χ3n) is 6.87. The van der Waals surface area contributed by atoms with Crippen LogP contribution in [0.5, 0.6) is 0 Å². The molecule has 8 heteroatoms. The Kier molecular flexibility index (Phi) is 7.30. The van der Waals surface area contributed by atoms with Crippen molar-refractivity contribution in [3.63, 3.8) is 0 Å². The lowest BCUT2D eigenvalue weighted by Crippen LogP contribution is -2.45. The molecule has 1 aromatic heterocycles. The molecule has 0 saturated carbocycles. The second-order valence-electron chi connectivity index (χ2n) is 9.34. The van der Waals surface area contributed by atoms with E-state index in [1.165, 1.54) is 5.56 Å². The number of piperidine rings is 1. The molecule has 0 aliphatic carbocycles. The number of urea groups is 1. The Hall–Kier alpha value is -3.36. The normalized spacial score (nSPS) is 17.4. The van der Waals surface area contributed by atoms with Crippen molar-refractivity contribution in [3.8, 4) is 0 Å². The monoisotopic (exact) mass is 475 g/mol. The van der Waals surface area contributed by atoms with Crippen LogP contribution < -0.4 is 10.6 Å². The van der Waals surface area contributed by atoms with Crippen LogP contribution in [0.2, 0.25) is 0 Å². The van der Waals surface area contributed by atoms with Gasteiger partial charge in [0.15, 0.2) is 0 Å². The van der Waals surface area contributed by atoms with E-state index in [0.717, 1.165) is 49.1 Å². The molecule has 0 radical (unpaired) electrons. The standard InChI is InChI=1S/C27H33N5O3/c33-26(31-14-16-35-17-15-31)20-32-13-8-22-18-24(6-7-25(22)32)29-27(34)28-23-9-11-30(12-10-23)19-21-4-2-1-3-5-21/h1-8,13,18,23H,9-12,14-17,19-20H2,(H2,28,29,34). The van der Waals surface area contributed by atoms with E-state index in [-0.39, 0.29) is 18.0 Å². The fourth-order valence-corrected chi connectivity index (χ4v) is 4.90. The van der Waals surface area contributed by atoms with Gasteiger partial charge in [-0.1, -0.05) is 30.3 Å². The van der Waals surface area contributed by atoms with Crippen molar-refractivity contribution in [2.75, 3.05) is 44.7 Å². The highest BCUT2D eigenvalue weighted by Gasteiger charge is 2.21. The number of anilines is 1. The Morgan fingerprint density at radius 2 is 1.71 bits per heavy atom. The van der Waals surface area contributed by atoms with Gasteiger partial charge in [-0.15, -0.1) is 0 Å². The van der Waals surface area contributed by atoms with Gasteiger partial charge in [0, 0.05) is 61.6 Å². The lowest BCUT2D eigenvalue weighted by Gasteiger charge is -2.32. The van der Waals surface area contributed by atoms with E-state index in [9.17, 15) is 9.59 Å². The molecular formula is C27H33N5O3. The summed E-state index contributed by atoms with van der Waals surface area (Å²) in [6.07, 6.45) is 3.81. The average Bonchev–Trinajstić information content (AvgIpc) is 3.28. The van der Waals surface area contributed by atoms with E-state index >= 15 is 0 Å². The molecule has 0 unspecified atom stereocenters. The Labute approximate surface area is 205 Å².